The Morgan fingerprint density at radius 3 is 2.94 bits per heavy atom. The van der Waals surface area contributed by atoms with E-state index in [2.05, 4.69) is 15.6 Å². The van der Waals surface area contributed by atoms with E-state index in [-0.39, 0.29) is 36.8 Å². The number of nitrogens with one attached hydrogen (secondary N) is 2. The van der Waals surface area contributed by atoms with Crippen LogP contribution < -0.4 is 16.4 Å². The second-order valence-electron chi connectivity index (χ2n) is 7.67. The van der Waals surface area contributed by atoms with Crippen LogP contribution in [0.25, 0.3) is 0 Å². The number of halogens is 1. The molecule has 10 nitrogen and oxygen atoms in total. The van der Waals surface area contributed by atoms with Crippen molar-refractivity contribution in [2.45, 2.75) is 23.3 Å². The Balaban J connectivity index is 1.69. The Morgan fingerprint density at radius 1 is 1.47 bits per heavy atom. The van der Waals surface area contributed by atoms with Crippen molar-refractivity contribution in [1.82, 2.24) is 9.62 Å². The molecule has 0 aliphatic carbocycles. The highest BCUT2D eigenvalue weighted by Gasteiger charge is 2.56. The van der Waals surface area contributed by atoms with E-state index in [1.165, 1.54) is 26.3 Å². The number of guanidine groups is 1. The molecule has 3 aliphatic rings. The summed E-state index contributed by atoms with van der Waals surface area (Å²) in [4.78, 5) is 17.0. The fourth-order valence-electron chi connectivity index (χ4n) is 4.07. The third-order valence-corrected chi connectivity index (χ3v) is 8.13. The zero-order valence-corrected chi connectivity index (χ0v) is 18.4. The summed E-state index contributed by atoms with van der Waals surface area (Å²) in [6.07, 6.45) is 4.96. The topological polar surface area (TPSA) is 135 Å². The Hall–Kier alpha value is -3.12. The molecule has 1 aromatic carbocycles. The van der Waals surface area contributed by atoms with Gasteiger partial charge in [0.25, 0.3) is 5.91 Å². The maximum absolute atomic E-state index is 15.0. The van der Waals surface area contributed by atoms with Crippen LogP contribution in [-0.4, -0.2) is 63.3 Å². The number of rotatable bonds is 4. The summed E-state index contributed by atoms with van der Waals surface area (Å²) in [5, 5.41) is 4.55. The van der Waals surface area contributed by atoms with Crippen molar-refractivity contribution >= 4 is 27.6 Å². The van der Waals surface area contributed by atoms with Crippen molar-refractivity contribution in [3.05, 3.63) is 53.7 Å². The third-order valence-electron chi connectivity index (χ3n) is 5.83. The molecule has 1 amide bonds. The fourth-order valence-corrected chi connectivity index (χ4v) is 5.89. The average molecular weight is 466 g/mol. The number of carbonyl (C=O) groups is 1. The van der Waals surface area contributed by atoms with Crippen LogP contribution in [0.2, 0.25) is 0 Å². The van der Waals surface area contributed by atoms with Gasteiger partial charge in [-0.25, -0.2) is 22.1 Å². The number of ether oxygens (including phenoxy) is 2. The predicted octanol–water partition coefficient (Wildman–Crippen LogP) is 0.354. The van der Waals surface area contributed by atoms with E-state index in [1.807, 2.05) is 0 Å². The highest BCUT2D eigenvalue weighted by atomic mass is 32.2. The molecule has 172 valence electrons. The molecular weight excluding hydrogens is 441 g/mol. The molecule has 3 aliphatic heterocycles. The van der Waals surface area contributed by atoms with E-state index < -0.39 is 38.6 Å². The second kappa shape index (κ2) is 8.10. The lowest BCUT2D eigenvalue weighted by molar-refractivity contribution is -0.116. The third kappa shape index (κ3) is 3.58. The van der Waals surface area contributed by atoms with Gasteiger partial charge >= 0.3 is 0 Å². The standard InChI is InChI=1S/C20H24FN5O5S/c1-26-19(22)25-20(11-31-8-7-17(20)32(26,28)29)14-9-12(3-5-15(14)21)24-18(27)16-6-4-13(30-2)10-23-16/h3-6,9-10,16-17,23H,7-8,11H2,1-2H3,(H2,22,25)(H,24,27)/t16?,17?,20-/m1/s1. The minimum absolute atomic E-state index is 0.00617. The van der Waals surface area contributed by atoms with E-state index >= 15 is 4.39 Å². The van der Waals surface area contributed by atoms with Crippen LogP contribution in [0.5, 0.6) is 0 Å². The number of fused-ring (bicyclic) bond motifs is 1. The summed E-state index contributed by atoms with van der Waals surface area (Å²) in [6, 6.07) is 3.28. The van der Waals surface area contributed by atoms with Gasteiger partial charge in [-0.1, -0.05) is 0 Å². The summed E-state index contributed by atoms with van der Waals surface area (Å²) in [6.45, 7) is 0.0425. The molecule has 4 N–H and O–H groups in total. The number of aliphatic imine (C=N–C) groups is 1. The van der Waals surface area contributed by atoms with Crippen LogP contribution in [0.15, 0.2) is 47.3 Å². The number of hydrogen-bond donors (Lipinski definition) is 3. The molecule has 1 fully saturated rings. The number of allylic oxidation sites excluding steroid dienone is 1. The van der Waals surface area contributed by atoms with E-state index in [9.17, 15) is 13.2 Å². The number of carbonyl (C=O) groups excluding carboxylic acids is 1. The summed E-state index contributed by atoms with van der Waals surface area (Å²) in [5.41, 5.74) is 4.61. The largest absolute Gasteiger partial charge is 0.495 e. The predicted molar refractivity (Wildman–Crippen MR) is 115 cm³/mol. The number of nitrogens with zero attached hydrogens (tertiary/aromatic N) is 2. The van der Waals surface area contributed by atoms with Crippen LogP contribution in [-0.2, 0) is 29.8 Å². The molecule has 32 heavy (non-hydrogen) atoms. The Kier molecular flexibility index (Phi) is 5.59. The fraction of sp³-hybridized carbons (Fsp3) is 0.400. The first-order valence-corrected chi connectivity index (χ1v) is 11.4. The van der Waals surface area contributed by atoms with Crippen LogP contribution in [0, 0.1) is 5.82 Å². The van der Waals surface area contributed by atoms with Crippen molar-refractivity contribution in [2.75, 3.05) is 32.7 Å². The minimum Gasteiger partial charge on any atom is -0.495 e. The van der Waals surface area contributed by atoms with Crippen molar-refractivity contribution in [3.8, 4) is 0 Å². The van der Waals surface area contributed by atoms with Gasteiger partial charge < -0.3 is 25.8 Å². The Labute approximate surface area is 185 Å². The van der Waals surface area contributed by atoms with Gasteiger partial charge in [0.2, 0.25) is 16.0 Å². The molecule has 0 aromatic heterocycles. The molecule has 0 radical (unpaired) electrons. The maximum Gasteiger partial charge on any atom is 0.250 e. The zero-order valence-electron chi connectivity index (χ0n) is 17.5. The number of benzene rings is 1. The molecule has 3 heterocycles. The number of dihydropyridines is 1. The average Bonchev–Trinajstić information content (AvgIpc) is 2.79. The van der Waals surface area contributed by atoms with Crippen molar-refractivity contribution < 1.29 is 27.1 Å². The molecule has 3 atom stereocenters. The Morgan fingerprint density at radius 2 is 2.25 bits per heavy atom. The van der Waals surface area contributed by atoms with Gasteiger partial charge in [-0.2, -0.15) is 0 Å². The summed E-state index contributed by atoms with van der Waals surface area (Å²) in [5.74, 6) is -0.742. The van der Waals surface area contributed by atoms with Crippen molar-refractivity contribution in [3.63, 3.8) is 0 Å². The monoisotopic (exact) mass is 465 g/mol. The Bertz CT molecular complexity index is 1140. The van der Waals surface area contributed by atoms with Crippen LogP contribution >= 0.6 is 0 Å². The lowest BCUT2D eigenvalue weighted by Crippen LogP contribution is -2.61. The van der Waals surface area contributed by atoms with Gasteiger partial charge in [0.05, 0.1) is 13.7 Å². The maximum atomic E-state index is 15.0. The first-order valence-electron chi connectivity index (χ1n) is 9.89. The van der Waals surface area contributed by atoms with Gasteiger partial charge in [-0.3, -0.25) is 4.79 Å². The summed E-state index contributed by atoms with van der Waals surface area (Å²) >= 11 is 0. The number of sulfonamides is 1. The molecule has 0 saturated carbocycles. The zero-order chi connectivity index (χ0) is 23.1. The number of amides is 1. The molecule has 1 saturated heterocycles. The number of nitrogens with two attached hydrogens (primary N) is 1. The van der Waals surface area contributed by atoms with Gasteiger partial charge in [-0.15, -0.1) is 0 Å². The molecule has 2 unspecified atom stereocenters. The molecule has 12 heteroatoms. The van der Waals surface area contributed by atoms with E-state index in [1.54, 1.807) is 18.4 Å². The summed E-state index contributed by atoms with van der Waals surface area (Å²) in [7, 11) is -1.06. The van der Waals surface area contributed by atoms with Crippen LogP contribution in [0.4, 0.5) is 10.1 Å². The molecular formula is C20H24FN5O5S. The van der Waals surface area contributed by atoms with Gasteiger partial charge in [-0.05, 0) is 36.8 Å². The molecule has 4 rings (SSSR count). The van der Waals surface area contributed by atoms with Gasteiger partial charge in [0.1, 0.15) is 28.4 Å². The van der Waals surface area contributed by atoms with Gasteiger partial charge in [0.15, 0.2) is 0 Å². The van der Waals surface area contributed by atoms with E-state index in [0.717, 1.165) is 10.4 Å². The minimum atomic E-state index is -3.89. The summed E-state index contributed by atoms with van der Waals surface area (Å²) < 4.78 is 52.7. The molecule has 0 bridgehead atoms. The van der Waals surface area contributed by atoms with Crippen LogP contribution in [0.1, 0.15) is 12.0 Å². The number of hydrogen-bond acceptors (Lipinski definition) is 8. The SMILES string of the molecule is COC1=CNC(C(=O)Nc2ccc(F)c([C@]34COCCC3S(=O)(=O)N(C)C(N)=N4)c2)C=C1. The number of anilines is 1. The van der Waals surface area contributed by atoms with Crippen molar-refractivity contribution in [1.29, 1.82) is 0 Å². The molecule has 1 aromatic rings. The molecule has 0 spiro atoms. The lowest BCUT2D eigenvalue weighted by atomic mass is 9.84. The quantitative estimate of drug-likeness (QED) is 0.584. The van der Waals surface area contributed by atoms with Crippen molar-refractivity contribution in [2.24, 2.45) is 10.7 Å². The lowest BCUT2D eigenvalue weighted by Gasteiger charge is -2.45. The first-order chi connectivity index (χ1) is 15.2. The first kappa shape index (κ1) is 22.1. The van der Waals surface area contributed by atoms with Crippen LogP contribution in [0.3, 0.4) is 0 Å². The van der Waals surface area contributed by atoms with E-state index in [0.29, 0.717) is 5.76 Å². The number of methoxy groups -OCH3 is 1. The second-order valence-corrected chi connectivity index (χ2v) is 9.82. The normalized spacial score (nSPS) is 28.7. The van der Waals surface area contributed by atoms with Gasteiger partial charge in [0, 0.05) is 31.1 Å². The highest BCUT2D eigenvalue weighted by Crippen LogP contribution is 2.44. The van der Waals surface area contributed by atoms with E-state index in [4.69, 9.17) is 15.2 Å². The highest BCUT2D eigenvalue weighted by molar-refractivity contribution is 7.90. The smallest absolute Gasteiger partial charge is 0.250 e.